The smallest absolute Gasteiger partial charge is 0.251 e. The molecular formula is C30H40N6OS. The minimum atomic E-state index is -0.0184. The maximum absolute atomic E-state index is 13.1. The summed E-state index contributed by atoms with van der Waals surface area (Å²) < 4.78 is 3.63. The molecule has 38 heavy (non-hydrogen) atoms. The van der Waals surface area contributed by atoms with Gasteiger partial charge in [0.2, 0.25) is 0 Å². The SMILES string of the molecule is CCc1cc(N2CCN(c3ccn(C)n3)CC2)n(C)c(=O)ccc(C)cc1[C@@H](C)Nc1ccccc1SC. The maximum Gasteiger partial charge on any atom is 0.251 e. The van der Waals surface area contributed by atoms with E-state index in [0.29, 0.717) is 0 Å². The molecule has 1 aromatic carbocycles. The zero-order valence-corrected chi connectivity index (χ0v) is 24.3. The van der Waals surface area contributed by atoms with Crippen LogP contribution in [0.2, 0.25) is 0 Å². The number of rotatable bonds is 7. The third-order valence-corrected chi connectivity index (χ3v) is 7.97. The lowest BCUT2D eigenvalue weighted by atomic mass is 9.99. The second-order valence-electron chi connectivity index (χ2n) is 9.84. The quantitative estimate of drug-likeness (QED) is 0.415. The Balaban J connectivity index is 1.75. The summed E-state index contributed by atoms with van der Waals surface area (Å²) in [6.45, 7) is 9.81. The van der Waals surface area contributed by atoms with E-state index in [0.717, 1.165) is 55.5 Å². The number of thioether (sulfide) groups is 1. The third kappa shape index (κ3) is 6.35. The van der Waals surface area contributed by atoms with Crippen LogP contribution in [0, 0.1) is 6.92 Å². The largest absolute Gasteiger partial charge is 0.378 e. The summed E-state index contributed by atoms with van der Waals surface area (Å²) in [7, 11) is 3.83. The Morgan fingerprint density at radius 2 is 1.71 bits per heavy atom. The Labute approximate surface area is 230 Å². The van der Waals surface area contributed by atoms with Crippen LogP contribution in [0.4, 0.5) is 17.3 Å². The van der Waals surface area contributed by atoms with Crippen molar-refractivity contribution in [2.45, 2.75) is 38.1 Å². The molecule has 4 rings (SSSR count). The Kier molecular flexibility index (Phi) is 9.05. The van der Waals surface area contributed by atoms with Crippen LogP contribution in [0.5, 0.6) is 0 Å². The minimum absolute atomic E-state index is 0.0184. The fraction of sp³-hybridized carbons (Fsp3) is 0.400. The number of nitrogens with zero attached hydrogens (tertiary/aromatic N) is 5. The minimum Gasteiger partial charge on any atom is -0.378 e. The van der Waals surface area contributed by atoms with Crippen LogP contribution in [-0.2, 0) is 20.5 Å². The Bertz CT molecular complexity index is 1370. The summed E-state index contributed by atoms with van der Waals surface area (Å²) in [4.78, 5) is 19.0. The van der Waals surface area contributed by atoms with Crippen molar-refractivity contribution < 1.29 is 0 Å². The molecule has 0 spiro atoms. The van der Waals surface area contributed by atoms with E-state index >= 15 is 0 Å². The summed E-state index contributed by atoms with van der Waals surface area (Å²) >= 11 is 1.75. The van der Waals surface area contributed by atoms with Gasteiger partial charge in [-0.15, -0.1) is 11.8 Å². The van der Waals surface area contributed by atoms with Crippen LogP contribution in [0.1, 0.15) is 36.6 Å². The Morgan fingerprint density at radius 3 is 2.37 bits per heavy atom. The molecular weight excluding hydrogens is 492 g/mol. The summed E-state index contributed by atoms with van der Waals surface area (Å²) in [6, 6.07) is 18.6. The predicted molar refractivity (Wildman–Crippen MR) is 161 cm³/mol. The molecule has 1 aliphatic rings. The van der Waals surface area contributed by atoms with E-state index in [-0.39, 0.29) is 11.6 Å². The lowest BCUT2D eigenvalue weighted by Gasteiger charge is -2.36. The van der Waals surface area contributed by atoms with Crippen molar-refractivity contribution in [1.29, 1.82) is 0 Å². The van der Waals surface area contributed by atoms with Crippen LogP contribution < -0.4 is 20.7 Å². The molecule has 8 heteroatoms. The normalized spacial score (nSPS) is 14.3. The van der Waals surface area contributed by atoms with E-state index in [2.05, 4.69) is 89.7 Å². The molecule has 0 aliphatic carbocycles. The van der Waals surface area contributed by atoms with Crippen LogP contribution in [-0.4, -0.2) is 46.8 Å². The second-order valence-corrected chi connectivity index (χ2v) is 10.7. The highest BCUT2D eigenvalue weighted by molar-refractivity contribution is 7.98. The molecule has 1 fully saturated rings. The van der Waals surface area contributed by atoms with Gasteiger partial charge in [-0.3, -0.25) is 14.0 Å². The first-order valence-corrected chi connectivity index (χ1v) is 14.5. The maximum atomic E-state index is 13.1. The summed E-state index contributed by atoms with van der Waals surface area (Å²) in [5.74, 6) is 1.95. The van der Waals surface area contributed by atoms with Gasteiger partial charge in [0.25, 0.3) is 5.56 Å². The van der Waals surface area contributed by atoms with Crippen molar-refractivity contribution >= 4 is 29.1 Å². The van der Waals surface area contributed by atoms with Gasteiger partial charge in [-0.2, -0.15) is 5.10 Å². The number of anilines is 3. The van der Waals surface area contributed by atoms with E-state index in [1.807, 2.05) is 31.0 Å². The Morgan fingerprint density at radius 1 is 1.00 bits per heavy atom. The fourth-order valence-electron chi connectivity index (χ4n) is 4.97. The van der Waals surface area contributed by atoms with E-state index in [1.54, 1.807) is 22.4 Å². The van der Waals surface area contributed by atoms with Gasteiger partial charge in [0.1, 0.15) is 5.82 Å². The molecule has 202 valence electrons. The average Bonchev–Trinajstić information content (AvgIpc) is 3.37. The van der Waals surface area contributed by atoms with Crippen LogP contribution in [0.25, 0.3) is 0 Å². The van der Waals surface area contributed by atoms with E-state index in [1.165, 1.54) is 16.0 Å². The number of aryl methyl sites for hydroxylation is 3. The lowest BCUT2D eigenvalue weighted by molar-refractivity contribution is 0.621. The molecule has 3 heterocycles. The second kappa shape index (κ2) is 12.4. The predicted octanol–water partition coefficient (Wildman–Crippen LogP) is 5.34. The molecule has 7 nitrogen and oxygen atoms in total. The molecule has 0 radical (unpaired) electrons. The summed E-state index contributed by atoms with van der Waals surface area (Å²) in [5, 5.41) is 8.33. The fourth-order valence-corrected chi connectivity index (χ4v) is 5.53. The molecule has 0 saturated carbocycles. The average molecular weight is 533 g/mol. The number of benzene rings is 1. The van der Waals surface area contributed by atoms with Gasteiger partial charge in [-0.05, 0) is 55.9 Å². The number of para-hydroxylation sites is 1. The molecule has 2 aromatic heterocycles. The first kappa shape index (κ1) is 27.6. The molecule has 3 aromatic rings. The molecule has 1 N–H and O–H groups in total. The van der Waals surface area contributed by atoms with E-state index in [9.17, 15) is 4.79 Å². The van der Waals surface area contributed by atoms with Gasteiger partial charge in [0.15, 0.2) is 5.82 Å². The number of hydrogen-bond acceptors (Lipinski definition) is 6. The molecule has 1 saturated heterocycles. The summed E-state index contributed by atoms with van der Waals surface area (Å²) in [6.07, 6.45) is 4.95. The molecule has 0 bridgehead atoms. The molecule has 0 unspecified atom stereocenters. The van der Waals surface area contributed by atoms with Gasteiger partial charge in [-0.25, -0.2) is 0 Å². The first-order chi connectivity index (χ1) is 18.3. The standard InChI is InChI=1S/C30H40N6OS/c1-7-24-21-29(36-18-16-35(17-19-36)28-14-15-33(4)32-28)34(5)30(37)13-12-22(2)20-25(24)23(3)31-26-10-8-9-11-27(26)38-6/h8-15,20-21,23,31H,7,16-19H2,1-6H3/t23-/m1/s1. The first-order valence-electron chi connectivity index (χ1n) is 13.3. The number of piperazine rings is 1. The highest BCUT2D eigenvalue weighted by atomic mass is 32.2. The zero-order valence-electron chi connectivity index (χ0n) is 23.4. The van der Waals surface area contributed by atoms with Crippen molar-refractivity contribution in [3.8, 4) is 0 Å². The third-order valence-electron chi connectivity index (χ3n) is 7.17. The van der Waals surface area contributed by atoms with Crippen molar-refractivity contribution in [3.63, 3.8) is 0 Å². The van der Waals surface area contributed by atoms with Crippen molar-refractivity contribution in [2.75, 3.05) is 47.6 Å². The molecule has 1 atom stereocenters. The number of aromatic nitrogens is 3. The highest BCUT2D eigenvalue weighted by Crippen LogP contribution is 2.30. The Hall–Kier alpha value is -3.39. The topological polar surface area (TPSA) is 58.3 Å². The van der Waals surface area contributed by atoms with Crippen molar-refractivity contribution in [3.05, 3.63) is 87.8 Å². The van der Waals surface area contributed by atoms with Crippen LogP contribution in [0.15, 0.2) is 70.5 Å². The van der Waals surface area contributed by atoms with Gasteiger partial charge in [-0.1, -0.05) is 36.8 Å². The number of nitrogens with one attached hydrogen (secondary N) is 1. The van der Waals surface area contributed by atoms with Crippen LogP contribution >= 0.6 is 11.8 Å². The molecule has 1 aliphatic heterocycles. The highest BCUT2D eigenvalue weighted by Gasteiger charge is 2.21. The van der Waals surface area contributed by atoms with Crippen molar-refractivity contribution in [2.24, 2.45) is 14.1 Å². The summed E-state index contributed by atoms with van der Waals surface area (Å²) in [5.41, 5.74) is 4.63. The van der Waals surface area contributed by atoms with Gasteiger partial charge in [0, 0.05) is 75.2 Å². The monoisotopic (exact) mass is 532 g/mol. The van der Waals surface area contributed by atoms with Crippen LogP contribution in [0.3, 0.4) is 0 Å². The lowest BCUT2D eigenvalue weighted by Crippen LogP contribution is -2.48. The van der Waals surface area contributed by atoms with Gasteiger partial charge < -0.3 is 15.1 Å². The molecule has 0 amide bonds. The van der Waals surface area contributed by atoms with Gasteiger partial charge >= 0.3 is 0 Å². The van der Waals surface area contributed by atoms with Gasteiger partial charge in [0.05, 0.1) is 0 Å². The van der Waals surface area contributed by atoms with Crippen molar-refractivity contribution in [1.82, 2.24) is 14.3 Å². The zero-order chi connectivity index (χ0) is 27.2. The van der Waals surface area contributed by atoms with E-state index in [4.69, 9.17) is 0 Å². The van der Waals surface area contributed by atoms with E-state index < -0.39 is 0 Å². The number of hydrogen-bond donors (Lipinski definition) is 1.